The molecule has 0 bridgehead atoms. The van der Waals surface area contributed by atoms with E-state index in [9.17, 15) is 9.59 Å². The van der Waals surface area contributed by atoms with Gasteiger partial charge in [-0.2, -0.15) is 0 Å². The van der Waals surface area contributed by atoms with Crippen LogP contribution in [0, 0.1) is 17.8 Å². The number of carbonyl (C=O) groups is 2. The van der Waals surface area contributed by atoms with Gasteiger partial charge in [0.1, 0.15) is 23.4 Å². The van der Waals surface area contributed by atoms with Gasteiger partial charge >= 0.3 is 0 Å². The minimum atomic E-state index is -0.531. The number of rotatable bonds is 7. The Labute approximate surface area is 223 Å². The predicted octanol–water partition coefficient (Wildman–Crippen LogP) is 2.27. The fourth-order valence-electron chi connectivity index (χ4n) is 4.61. The van der Waals surface area contributed by atoms with Gasteiger partial charge in [-0.15, -0.1) is 0 Å². The van der Waals surface area contributed by atoms with E-state index >= 15 is 0 Å². The Balaban J connectivity index is 1.75. The topological polar surface area (TPSA) is 122 Å². The first-order chi connectivity index (χ1) is 18.2. The number of likely N-dealkylation sites (tertiary alicyclic amines) is 1. The second kappa shape index (κ2) is 11.4. The van der Waals surface area contributed by atoms with Crippen LogP contribution >= 0.6 is 0 Å². The summed E-state index contributed by atoms with van der Waals surface area (Å²) in [6.07, 6.45) is 3.52. The molecule has 2 atom stereocenters. The zero-order valence-corrected chi connectivity index (χ0v) is 22.2. The first-order valence-corrected chi connectivity index (χ1v) is 12.5. The summed E-state index contributed by atoms with van der Waals surface area (Å²) >= 11 is 0. The highest BCUT2D eigenvalue weighted by atomic mass is 16.5. The maximum Gasteiger partial charge on any atom is 0.255 e. The number of ether oxygens (including phenoxy) is 2. The average Bonchev–Trinajstić information content (AvgIpc) is 3.56. The molecule has 2 aliphatic heterocycles. The summed E-state index contributed by atoms with van der Waals surface area (Å²) in [5.41, 5.74) is 12.2. The van der Waals surface area contributed by atoms with Crippen LogP contribution in [0.1, 0.15) is 47.8 Å². The Morgan fingerprint density at radius 1 is 1.29 bits per heavy atom. The van der Waals surface area contributed by atoms with E-state index in [1.165, 1.54) is 12.3 Å². The number of pyridine rings is 1. The molecule has 10 heteroatoms. The van der Waals surface area contributed by atoms with Gasteiger partial charge in [0.2, 0.25) is 5.91 Å². The van der Waals surface area contributed by atoms with Crippen LogP contribution in [0.15, 0.2) is 37.1 Å². The van der Waals surface area contributed by atoms with Crippen molar-refractivity contribution < 1.29 is 19.1 Å². The summed E-state index contributed by atoms with van der Waals surface area (Å²) in [5, 5.41) is 4.91. The van der Waals surface area contributed by atoms with E-state index < -0.39 is 6.04 Å². The van der Waals surface area contributed by atoms with Crippen molar-refractivity contribution in [3.05, 3.63) is 53.7 Å². The van der Waals surface area contributed by atoms with Crippen molar-refractivity contribution in [2.24, 2.45) is 5.92 Å². The van der Waals surface area contributed by atoms with E-state index in [-0.39, 0.29) is 29.6 Å². The SMILES string of the molecule is C=CC(=O)N1CCC(N2N[C@@H](C#Cc3cc(OC)cc(OC)c3)c3c(N)ncc(C(=O)NCC(C)C)c32)C1. The lowest BCUT2D eigenvalue weighted by molar-refractivity contribution is -0.125. The summed E-state index contributed by atoms with van der Waals surface area (Å²) in [5.74, 6) is 7.89. The van der Waals surface area contributed by atoms with Crippen molar-refractivity contribution in [3.63, 3.8) is 0 Å². The zero-order valence-electron chi connectivity index (χ0n) is 22.2. The van der Waals surface area contributed by atoms with E-state index in [0.717, 1.165) is 0 Å². The number of fused-ring (bicyclic) bond motifs is 1. The second-order valence-electron chi connectivity index (χ2n) is 9.66. The molecule has 2 amide bonds. The van der Waals surface area contributed by atoms with Crippen LogP contribution in [-0.4, -0.2) is 61.6 Å². The van der Waals surface area contributed by atoms with Crippen LogP contribution in [0.4, 0.5) is 11.5 Å². The lowest BCUT2D eigenvalue weighted by Crippen LogP contribution is -2.45. The van der Waals surface area contributed by atoms with Gasteiger partial charge in [-0.05, 0) is 30.5 Å². The minimum Gasteiger partial charge on any atom is -0.497 e. The third-order valence-electron chi connectivity index (χ3n) is 6.56. The number of nitrogens with zero attached hydrogens (tertiary/aromatic N) is 3. The van der Waals surface area contributed by atoms with Crippen molar-refractivity contribution in [1.29, 1.82) is 0 Å². The highest BCUT2D eigenvalue weighted by Gasteiger charge is 2.40. The van der Waals surface area contributed by atoms with Gasteiger partial charge in [-0.1, -0.05) is 32.3 Å². The number of nitrogens with one attached hydrogen (secondary N) is 2. The van der Waals surface area contributed by atoms with Gasteiger partial charge in [-0.3, -0.25) is 9.59 Å². The Morgan fingerprint density at radius 3 is 2.63 bits per heavy atom. The summed E-state index contributed by atoms with van der Waals surface area (Å²) < 4.78 is 10.7. The molecule has 1 fully saturated rings. The number of benzene rings is 1. The molecule has 4 rings (SSSR count). The van der Waals surface area contributed by atoms with Crippen LogP contribution in [0.5, 0.6) is 11.5 Å². The molecule has 2 aliphatic rings. The van der Waals surface area contributed by atoms with Crippen LogP contribution in [0.2, 0.25) is 0 Å². The molecule has 1 aromatic heterocycles. The number of hydrogen-bond donors (Lipinski definition) is 3. The van der Waals surface area contributed by atoms with Gasteiger partial charge in [0, 0.05) is 37.5 Å². The maximum atomic E-state index is 13.2. The van der Waals surface area contributed by atoms with Gasteiger partial charge in [-0.25, -0.2) is 10.4 Å². The number of nitrogens with two attached hydrogens (primary N) is 1. The number of nitrogen functional groups attached to an aromatic ring is 1. The molecule has 3 heterocycles. The first-order valence-electron chi connectivity index (χ1n) is 12.5. The van der Waals surface area contributed by atoms with Gasteiger partial charge in [0.15, 0.2) is 0 Å². The van der Waals surface area contributed by atoms with Crippen LogP contribution < -0.4 is 31.0 Å². The van der Waals surface area contributed by atoms with Gasteiger partial charge in [0.25, 0.3) is 5.91 Å². The van der Waals surface area contributed by atoms with Crippen molar-refractivity contribution in [3.8, 4) is 23.3 Å². The molecule has 1 saturated heterocycles. The number of amides is 2. The Kier molecular flexibility index (Phi) is 8.08. The van der Waals surface area contributed by atoms with Crippen LogP contribution in [0.25, 0.3) is 0 Å². The summed E-state index contributed by atoms with van der Waals surface area (Å²) in [4.78, 5) is 31.6. The molecule has 200 valence electrons. The lowest BCUT2D eigenvalue weighted by atomic mass is 10.0. The predicted molar refractivity (Wildman–Crippen MR) is 146 cm³/mol. The molecule has 0 saturated carbocycles. The summed E-state index contributed by atoms with van der Waals surface area (Å²) in [7, 11) is 3.16. The molecule has 0 radical (unpaired) electrons. The van der Waals surface area contributed by atoms with Gasteiger partial charge < -0.3 is 30.4 Å². The molecule has 2 aromatic rings. The number of anilines is 2. The third-order valence-corrected chi connectivity index (χ3v) is 6.56. The van der Waals surface area contributed by atoms with Crippen molar-refractivity contribution in [1.82, 2.24) is 20.6 Å². The van der Waals surface area contributed by atoms with E-state index in [4.69, 9.17) is 15.2 Å². The maximum absolute atomic E-state index is 13.2. The third kappa shape index (κ3) is 5.53. The van der Waals surface area contributed by atoms with Gasteiger partial charge in [0.05, 0.1) is 37.1 Å². The Hall–Kier alpha value is -4.23. The largest absolute Gasteiger partial charge is 0.497 e. The number of hydrazine groups is 1. The second-order valence-corrected chi connectivity index (χ2v) is 9.66. The van der Waals surface area contributed by atoms with Crippen molar-refractivity contribution in [2.45, 2.75) is 32.4 Å². The molecular weight excluding hydrogens is 484 g/mol. The lowest BCUT2D eigenvalue weighted by Gasteiger charge is -2.28. The van der Waals surface area contributed by atoms with Crippen molar-refractivity contribution in [2.75, 3.05) is 44.6 Å². The summed E-state index contributed by atoms with van der Waals surface area (Å²) in [6.45, 7) is 9.24. The average molecular weight is 519 g/mol. The zero-order chi connectivity index (χ0) is 27.4. The minimum absolute atomic E-state index is 0.0974. The number of aromatic nitrogens is 1. The molecule has 0 spiro atoms. The molecule has 0 aliphatic carbocycles. The number of carbonyl (C=O) groups excluding carboxylic acids is 2. The Bertz CT molecular complexity index is 1280. The van der Waals surface area contributed by atoms with Crippen molar-refractivity contribution >= 4 is 23.3 Å². The normalized spacial score (nSPS) is 18.0. The van der Waals surface area contributed by atoms with Crippen LogP contribution in [-0.2, 0) is 4.79 Å². The van der Waals surface area contributed by atoms with E-state index in [1.54, 1.807) is 25.2 Å². The van der Waals surface area contributed by atoms with E-state index in [1.807, 2.05) is 31.0 Å². The monoisotopic (exact) mass is 518 g/mol. The van der Waals surface area contributed by atoms with E-state index in [0.29, 0.717) is 59.9 Å². The fourth-order valence-corrected chi connectivity index (χ4v) is 4.61. The fraction of sp³-hybridized carbons (Fsp3) is 0.393. The quantitative estimate of drug-likeness (QED) is 0.377. The molecule has 10 nitrogen and oxygen atoms in total. The molecule has 1 aromatic carbocycles. The highest BCUT2D eigenvalue weighted by molar-refractivity contribution is 6.01. The first kappa shape index (κ1) is 26.8. The standard InChI is InChI=1S/C28H34N6O4/c1-6-24(35)33-10-9-19(16-33)34-26-22(28(36)31-14-17(2)3)15-30-27(29)25(26)23(32-34)8-7-18-11-20(37-4)13-21(12-18)38-5/h6,11-13,15,17,19,23,32H,1,9-10,14,16H2,2-5H3,(H2,29,30)(H,31,36)/t19?,23-/m0/s1. The number of hydrogen-bond acceptors (Lipinski definition) is 8. The molecule has 1 unspecified atom stereocenters. The number of methoxy groups -OCH3 is 2. The molecule has 38 heavy (non-hydrogen) atoms. The summed E-state index contributed by atoms with van der Waals surface area (Å²) in [6, 6.07) is 4.78. The molecular formula is C28H34N6O4. The Morgan fingerprint density at radius 2 is 2.00 bits per heavy atom. The molecule has 4 N–H and O–H groups in total. The van der Waals surface area contributed by atoms with Crippen LogP contribution in [0.3, 0.4) is 0 Å². The van der Waals surface area contributed by atoms with E-state index in [2.05, 4.69) is 34.1 Å². The highest BCUT2D eigenvalue weighted by Crippen LogP contribution is 2.41. The smallest absolute Gasteiger partial charge is 0.255 e.